The van der Waals surface area contributed by atoms with Gasteiger partial charge in [0.2, 0.25) is 0 Å². The molecule has 0 saturated carbocycles. The highest BCUT2D eigenvalue weighted by molar-refractivity contribution is 5.99. The van der Waals surface area contributed by atoms with E-state index in [0.29, 0.717) is 54.2 Å². The molecular weight excluding hydrogens is 533 g/mol. The van der Waals surface area contributed by atoms with Gasteiger partial charge in [-0.15, -0.1) is 5.10 Å². The van der Waals surface area contributed by atoms with E-state index in [1.54, 1.807) is 47.5 Å². The van der Waals surface area contributed by atoms with E-state index in [1.165, 1.54) is 11.0 Å². The van der Waals surface area contributed by atoms with Crippen LogP contribution in [0.15, 0.2) is 54.1 Å². The molecule has 216 valence electrons. The lowest BCUT2D eigenvalue weighted by molar-refractivity contribution is -0.147. The fourth-order valence-electron chi connectivity index (χ4n) is 4.71. The number of rotatable bonds is 12. The first-order valence-corrected chi connectivity index (χ1v) is 13.6. The lowest BCUT2D eigenvalue weighted by Gasteiger charge is -2.17. The molecule has 1 unspecified atom stereocenters. The second-order valence-electron chi connectivity index (χ2n) is 9.77. The van der Waals surface area contributed by atoms with Crippen LogP contribution in [-0.2, 0) is 25.7 Å². The molecule has 12 nitrogen and oxygen atoms in total. The highest BCUT2D eigenvalue weighted by atomic mass is 19.1. The van der Waals surface area contributed by atoms with Gasteiger partial charge in [-0.1, -0.05) is 30.3 Å². The van der Waals surface area contributed by atoms with Crippen molar-refractivity contribution in [1.82, 2.24) is 24.9 Å². The van der Waals surface area contributed by atoms with Crippen LogP contribution in [0, 0.1) is 5.82 Å². The van der Waals surface area contributed by atoms with Crippen molar-refractivity contribution in [3.8, 4) is 11.1 Å². The summed E-state index contributed by atoms with van der Waals surface area (Å²) in [6, 6.07) is 8.09. The number of halogens is 1. The van der Waals surface area contributed by atoms with Crippen molar-refractivity contribution >= 4 is 23.5 Å². The summed E-state index contributed by atoms with van der Waals surface area (Å²) in [5.41, 5.74) is 2.55. The summed E-state index contributed by atoms with van der Waals surface area (Å²) in [6.07, 6.45) is 4.23. The van der Waals surface area contributed by atoms with Crippen molar-refractivity contribution in [1.29, 1.82) is 0 Å². The molecule has 1 saturated heterocycles. The molecule has 2 aliphatic heterocycles. The molecule has 3 aromatic rings. The number of carbonyl (C=O) groups is 2. The maximum absolute atomic E-state index is 15.1. The number of nitrogens with zero attached hydrogens (tertiary/aromatic N) is 7. The number of hydrogen-bond acceptors (Lipinski definition) is 10. The van der Waals surface area contributed by atoms with E-state index in [1.807, 2.05) is 0 Å². The number of pyridine rings is 1. The summed E-state index contributed by atoms with van der Waals surface area (Å²) in [4.78, 5) is 37.9. The average molecular weight is 566 g/mol. The first kappa shape index (κ1) is 28.1. The minimum absolute atomic E-state index is 0.117. The van der Waals surface area contributed by atoms with E-state index in [2.05, 4.69) is 39.2 Å². The third kappa shape index (κ3) is 6.85. The third-order valence-corrected chi connectivity index (χ3v) is 7.06. The number of hydrogen-bond donors (Lipinski definition) is 0. The van der Waals surface area contributed by atoms with Crippen molar-refractivity contribution in [2.24, 2.45) is 5.16 Å². The van der Waals surface area contributed by atoms with Gasteiger partial charge in [0.15, 0.2) is 6.10 Å². The van der Waals surface area contributed by atoms with E-state index in [4.69, 9.17) is 14.3 Å². The third-order valence-electron chi connectivity index (χ3n) is 7.06. The Kier molecular flexibility index (Phi) is 8.82. The van der Waals surface area contributed by atoms with Crippen molar-refractivity contribution < 1.29 is 28.3 Å². The molecule has 2 atom stereocenters. The zero-order valence-electron chi connectivity index (χ0n) is 23.0. The number of oxime groups is 1. The van der Waals surface area contributed by atoms with E-state index < -0.39 is 18.0 Å². The molecule has 0 N–H and O–H groups in total. The zero-order valence-corrected chi connectivity index (χ0v) is 23.0. The molecule has 41 heavy (non-hydrogen) atoms. The summed E-state index contributed by atoms with van der Waals surface area (Å²) < 4.78 is 27.5. The maximum Gasteiger partial charge on any atom is 0.414 e. The number of amides is 1. The van der Waals surface area contributed by atoms with Crippen LogP contribution < -0.4 is 4.90 Å². The van der Waals surface area contributed by atoms with Crippen LogP contribution in [0.5, 0.6) is 0 Å². The van der Waals surface area contributed by atoms with Gasteiger partial charge in [0, 0.05) is 36.5 Å². The quantitative estimate of drug-likeness (QED) is 0.304. The van der Waals surface area contributed by atoms with E-state index in [-0.39, 0.29) is 25.2 Å². The molecular formula is C28H32FN7O5. The molecule has 1 fully saturated rings. The average Bonchev–Trinajstić information content (AvgIpc) is 3.75. The minimum atomic E-state index is -0.541. The second-order valence-corrected chi connectivity index (χ2v) is 9.77. The highest BCUT2D eigenvalue weighted by Crippen LogP contribution is 2.29. The summed E-state index contributed by atoms with van der Waals surface area (Å²) in [6.45, 7) is 7.30. The Balaban J connectivity index is 1.14. The Bertz CT molecular complexity index is 1380. The molecule has 0 radical (unpaired) electrons. The van der Waals surface area contributed by atoms with Gasteiger partial charge in [0.25, 0.3) is 0 Å². The predicted molar refractivity (Wildman–Crippen MR) is 147 cm³/mol. The van der Waals surface area contributed by atoms with Gasteiger partial charge in [-0.2, -0.15) is 0 Å². The molecule has 2 aliphatic rings. The number of anilines is 1. The molecule has 1 aromatic carbocycles. The summed E-state index contributed by atoms with van der Waals surface area (Å²) in [7, 11) is 0. The number of esters is 1. The first-order valence-electron chi connectivity index (χ1n) is 13.6. The summed E-state index contributed by atoms with van der Waals surface area (Å²) in [5, 5.41) is 11.7. The molecule has 0 spiro atoms. The van der Waals surface area contributed by atoms with Gasteiger partial charge in [-0.3, -0.25) is 14.7 Å². The van der Waals surface area contributed by atoms with Gasteiger partial charge in [0.05, 0.1) is 37.1 Å². The Hall–Kier alpha value is -4.39. The van der Waals surface area contributed by atoms with Crippen molar-refractivity contribution in [2.75, 3.05) is 37.7 Å². The van der Waals surface area contributed by atoms with Gasteiger partial charge in [-0.05, 0) is 37.4 Å². The molecule has 0 bridgehead atoms. The smallest absolute Gasteiger partial charge is 0.414 e. The van der Waals surface area contributed by atoms with Crippen molar-refractivity contribution in [3.05, 3.63) is 60.4 Å². The fraction of sp³-hybridized carbons (Fsp3) is 0.429. The Labute approximate surface area is 236 Å². The number of benzene rings is 1. The summed E-state index contributed by atoms with van der Waals surface area (Å²) >= 11 is 0. The van der Waals surface area contributed by atoms with Crippen molar-refractivity contribution in [2.45, 2.75) is 45.4 Å². The Morgan fingerprint density at radius 1 is 1.20 bits per heavy atom. The number of aromatic nitrogens is 4. The van der Waals surface area contributed by atoms with Crippen LogP contribution in [0.3, 0.4) is 0 Å². The van der Waals surface area contributed by atoms with E-state index >= 15 is 4.39 Å². The zero-order chi connectivity index (χ0) is 28.8. The van der Waals surface area contributed by atoms with E-state index in [0.717, 1.165) is 13.1 Å². The lowest BCUT2D eigenvalue weighted by Crippen LogP contribution is -2.27. The Morgan fingerprint density at radius 2 is 2.05 bits per heavy atom. The largest absolute Gasteiger partial charge is 0.462 e. The van der Waals surface area contributed by atoms with Crippen LogP contribution >= 0.6 is 0 Å². The lowest BCUT2D eigenvalue weighted by atomic mass is 10.0. The fourth-order valence-corrected chi connectivity index (χ4v) is 4.71. The maximum atomic E-state index is 15.1. The Morgan fingerprint density at radius 3 is 2.76 bits per heavy atom. The van der Waals surface area contributed by atoms with Crippen LogP contribution in [0.1, 0.15) is 32.4 Å². The van der Waals surface area contributed by atoms with Gasteiger partial charge in [-0.25, -0.2) is 13.9 Å². The molecule has 13 heteroatoms. The van der Waals surface area contributed by atoms with Gasteiger partial charge >= 0.3 is 12.1 Å². The number of ether oxygens (including phenoxy) is 2. The highest BCUT2D eigenvalue weighted by Gasteiger charge is 2.33. The van der Waals surface area contributed by atoms with Crippen LogP contribution in [0.4, 0.5) is 14.9 Å². The normalized spacial score (nSPS) is 18.4. The molecule has 0 aliphatic carbocycles. The molecule has 2 aromatic heterocycles. The number of cyclic esters (lactones) is 1. The topological polar surface area (TPSA) is 124 Å². The minimum Gasteiger partial charge on any atom is -0.462 e. The van der Waals surface area contributed by atoms with Crippen LogP contribution in [0.2, 0.25) is 0 Å². The molecule has 5 rings (SSSR count). The monoisotopic (exact) mass is 565 g/mol. The van der Waals surface area contributed by atoms with Gasteiger partial charge < -0.3 is 19.2 Å². The van der Waals surface area contributed by atoms with Gasteiger partial charge in [0.1, 0.15) is 24.2 Å². The van der Waals surface area contributed by atoms with E-state index in [9.17, 15) is 9.59 Å². The first-order chi connectivity index (χ1) is 19.9. The molecule has 1 amide bonds. The van der Waals surface area contributed by atoms with Crippen LogP contribution in [0.25, 0.3) is 11.1 Å². The summed E-state index contributed by atoms with van der Waals surface area (Å²) in [5.74, 6) is -0.758. The standard InChI is InChI=1S/C28H32FN7O5/c1-3-34(4-2)11-9-27(37)39-18-21-14-26(32-41-21)25-8-5-19(15-30-25)23-7-6-20(13-24(23)29)36-17-22(40-28(36)38)16-35-12-10-31-33-35/h5-8,10,12-13,15,21-22H,3-4,9,11,14,16-18H2,1-2H3/t21?,22-/m0/s1. The second kappa shape index (κ2) is 12.9. The van der Waals surface area contributed by atoms with Crippen molar-refractivity contribution in [3.63, 3.8) is 0 Å². The molecule has 4 heterocycles. The van der Waals surface area contributed by atoms with Crippen LogP contribution in [-0.4, -0.2) is 87.6 Å². The number of carbonyl (C=O) groups excluding carboxylic acids is 2. The predicted octanol–water partition coefficient (Wildman–Crippen LogP) is 3.27. The SMILES string of the molecule is CCN(CC)CCC(=O)OCC1CC(c2ccc(-c3ccc(N4C[C@H](Cn5ccnn5)OC4=O)cc3F)cn2)=NO1.